The van der Waals surface area contributed by atoms with Crippen LogP contribution in [0.15, 0.2) is 58.1 Å². The van der Waals surface area contributed by atoms with Crippen molar-refractivity contribution in [1.82, 2.24) is 10.7 Å². The summed E-state index contributed by atoms with van der Waals surface area (Å²) < 4.78 is 0.754. The van der Waals surface area contributed by atoms with E-state index in [2.05, 4.69) is 37.1 Å². The predicted molar refractivity (Wildman–Crippen MR) is 120 cm³/mol. The summed E-state index contributed by atoms with van der Waals surface area (Å²) in [6.07, 6.45) is 1.29. The second-order valence-corrected chi connectivity index (χ2v) is 7.54. The van der Waals surface area contributed by atoms with Crippen LogP contribution in [0.2, 0.25) is 0 Å². The van der Waals surface area contributed by atoms with Crippen LogP contribution in [0.25, 0.3) is 0 Å². The molecule has 1 aliphatic rings. The third kappa shape index (κ3) is 5.24. The Morgan fingerprint density at radius 1 is 1.09 bits per heavy atom. The highest BCUT2D eigenvalue weighted by molar-refractivity contribution is 9.10. The quantitative estimate of drug-likeness (QED) is 0.318. The molecule has 0 radical (unpaired) electrons. The molecule has 164 valence electrons. The van der Waals surface area contributed by atoms with Crippen LogP contribution in [0.4, 0.5) is 16.2 Å². The molecule has 1 heterocycles. The minimum Gasteiger partial charge on any atom is -0.326 e. The molecule has 1 aliphatic heterocycles. The number of carbonyl (C=O) groups is 5. The Hall–Kier alpha value is -3.86. The normalized spacial score (nSPS) is 16.1. The summed E-state index contributed by atoms with van der Waals surface area (Å²) in [5.74, 6) is -3.78. The number of hydrogen-bond acceptors (Lipinski definition) is 6. The van der Waals surface area contributed by atoms with Gasteiger partial charge in [-0.3, -0.25) is 24.5 Å². The van der Waals surface area contributed by atoms with Crippen molar-refractivity contribution in [3.63, 3.8) is 0 Å². The fraction of sp³-hybridized carbons (Fsp3) is 0.143. The first-order chi connectivity index (χ1) is 15.3. The largest absolute Gasteiger partial charge is 0.335 e. The molecular weight excluding hydrogens is 482 g/mol. The maximum atomic E-state index is 12.7. The molecule has 0 bridgehead atoms. The van der Waals surface area contributed by atoms with Crippen molar-refractivity contribution < 1.29 is 24.0 Å². The standard InChI is InChI=1S/C21H18BrN5O5/c1-2-17(28)24-14-7-3-12(4-8-14)18(29)26-23-11-16-19(30)25-21(32)27(20(16)31)15-9-5-13(22)6-10-15/h3-11,16H,2H2,1H3,(H,24,28)(H,26,29)(H,25,30,32)/b23-11-/t16-/m0/s1. The molecule has 0 spiro atoms. The molecule has 0 aromatic heterocycles. The van der Waals surface area contributed by atoms with E-state index in [1.54, 1.807) is 43.3 Å². The van der Waals surface area contributed by atoms with Crippen molar-refractivity contribution in [2.75, 3.05) is 10.2 Å². The van der Waals surface area contributed by atoms with E-state index < -0.39 is 29.7 Å². The molecule has 0 aliphatic carbocycles. The molecule has 3 rings (SSSR count). The number of urea groups is 1. The van der Waals surface area contributed by atoms with Gasteiger partial charge in [-0.05, 0) is 48.5 Å². The van der Waals surface area contributed by atoms with Gasteiger partial charge in [-0.2, -0.15) is 5.10 Å². The fourth-order valence-electron chi connectivity index (χ4n) is 2.75. The first-order valence-corrected chi connectivity index (χ1v) is 10.3. The Morgan fingerprint density at radius 3 is 2.38 bits per heavy atom. The van der Waals surface area contributed by atoms with E-state index in [1.165, 1.54) is 12.1 Å². The van der Waals surface area contributed by atoms with Crippen LogP contribution < -0.4 is 21.0 Å². The average Bonchev–Trinajstić information content (AvgIpc) is 2.77. The molecule has 0 unspecified atom stereocenters. The van der Waals surface area contributed by atoms with Gasteiger partial charge in [0.05, 0.1) is 5.69 Å². The molecule has 1 fully saturated rings. The number of imide groups is 2. The van der Waals surface area contributed by atoms with Crippen LogP contribution in [-0.2, 0) is 14.4 Å². The lowest BCUT2D eigenvalue weighted by Gasteiger charge is -2.28. The zero-order valence-electron chi connectivity index (χ0n) is 16.8. The van der Waals surface area contributed by atoms with Gasteiger partial charge >= 0.3 is 6.03 Å². The fourth-order valence-corrected chi connectivity index (χ4v) is 3.01. The van der Waals surface area contributed by atoms with Crippen LogP contribution in [0.5, 0.6) is 0 Å². The lowest BCUT2D eigenvalue weighted by molar-refractivity contribution is -0.131. The highest BCUT2D eigenvalue weighted by Gasteiger charge is 2.40. The second kappa shape index (κ2) is 9.96. The van der Waals surface area contributed by atoms with Crippen molar-refractivity contribution in [3.8, 4) is 0 Å². The molecule has 1 saturated heterocycles. The number of anilines is 2. The number of hydrazone groups is 1. The SMILES string of the molecule is CCC(=O)Nc1ccc(C(=O)N/N=C\[C@H]2C(=O)NC(=O)N(c3ccc(Br)cc3)C2=O)cc1. The number of barbiturate groups is 1. The topological polar surface area (TPSA) is 137 Å². The molecule has 2 aromatic rings. The van der Waals surface area contributed by atoms with Gasteiger partial charge in [-0.1, -0.05) is 22.9 Å². The summed E-state index contributed by atoms with van der Waals surface area (Å²) in [6.45, 7) is 1.72. The molecule has 11 heteroatoms. The maximum absolute atomic E-state index is 12.7. The first-order valence-electron chi connectivity index (χ1n) is 9.48. The summed E-state index contributed by atoms with van der Waals surface area (Å²) in [6, 6.07) is 11.6. The average molecular weight is 500 g/mol. The highest BCUT2D eigenvalue weighted by atomic mass is 79.9. The van der Waals surface area contributed by atoms with Gasteiger partial charge in [-0.25, -0.2) is 15.1 Å². The van der Waals surface area contributed by atoms with E-state index >= 15 is 0 Å². The summed E-state index contributed by atoms with van der Waals surface area (Å²) >= 11 is 3.27. The number of hydrogen-bond donors (Lipinski definition) is 3. The number of halogens is 1. The molecule has 6 amide bonds. The van der Waals surface area contributed by atoms with E-state index in [0.717, 1.165) is 15.6 Å². The maximum Gasteiger partial charge on any atom is 0.335 e. The van der Waals surface area contributed by atoms with E-state index in [0.29, 0.717) is 12.1 Å². The molecule has 2 aromatic carbocycles. The van der Waals surface area contributed by atoms with Crippen molar-refractivity contribution in [2.45, 2.75) is 13.3 Å². The molecule has 1 atom stereocenters. The summed E-state index contributed by atoms with van der Waals surface area (Å²) in [5.41, 5.74) is 3.31. The lowest BCUT2D eigenvalue weighted by atomic mass is 10.1. The van der Waals surface area contributed by atoms with Gasteiger partial charge in [0.15, 0.2) is 5.92 Å². The Labute approximate surface area is 191 Å². The Bertz CT molecular complexity index is 1100. The van der Waals surface area contributed by atoms with Crippen LogP contribution in [0.1, 0.15) is 23.7 Å². The molecule has 3 N–H and O–H groups in total. The van der Waals surface area contributed by atoms with E-state index in [4.69, 9.17) is 0 Å². The van der Waals surface area contributed by atoms with Gasteiger partial charge in [0.1, 0.15) is 0 Å². The lowest BCUT2D eigenvalue weighted by Crippen LogP contribution is -2.58. The van der Waals surface area contributed by atoms with E-state index in [9.17, 15) is 24.0 Å². The Balaban J connectivity index is 1.67. The molecular formula is C21H18BrN5O5. The minimum atomic E-state index is -1.40. The third-order valence-corrected chi connectivity index (χ3v) is 4.96. The number of rotatable bonds is 6. The number of nitrogens with zero attached hydrogens (tertiary/aromatic N) is 2. The van der Waals surface area contributed by atoms with Gasteiger partial charge < -0.3 is 5.32 Å². The Morgan fingerprint density at radius 2 is 1.75 bits per heavy atom. The summed E-state index contributed by atoms with van der Waals surface area (Å²) in [5, 5.41) is 8.46. The van der Waals surface area contributed by atoms with Crippen molar-refractivity contribution in [2.24, 2.45) is 11.0 Å². The molecule has 0 saturated carbocycles. The van der Waals surface area contributed by atoms with E-state index in [-0.39, 0.29) is 17.2 Å². The summed E-state index contributed by atoms with van der Waals surface area (Å²) in [4.78, 5) is 61.5. The number of benzene rings is 2. The monoisotopic (exact) mass is 499 g/mol. The minimum absolute atomic E-state index is 0.155. The second-order valence-electron chi connectivity index (χ2n) is 6.62. The van der Waals surface area contributed by atoms with Crippen molar-refractivity contribution >= 4 is 63.2 Å². The van der Waals surface area contributed by atoms with Crippen molar-refractivity contribution in [1.29, 1.82) is 0 Å². The third-order valence-electron chi connectivity index (χ3n) is 4.43. The first kappa shape index (κ1) is 22.8. The van der Waals surface area contributed by atoms with Gasteiger partial charge in [0.25, 0.3) is 11.8 Å². The molecule has 10 nitrogen and oxygen atoms in total. The van der Waals surface area contributed by atoms with Gasteiger partial charge in [-0.15, -0.1) is 0 Å². The number of nitrogens with one attached hydrogen (secondary N) is 3. The van der Waals surface area contributed by atoms with Crippen LogP contribution in [0.3, 0.4) is 0 Å². The Kier molecular flexibility index (Phi) is 7.11. The zero-order chi connectivity index (χ0) is 23.3. The molecule has 32 heavy (non-hydrogen) atoms. The smallest absolute Gasteiger partial charge is 0.326 e. The van der Waals surface area contributed by atoms with Gasteiger partial charge in [0, 0.05) is 28.4 Å². The number of amides is 6. The highest BCUT2D eigenvalue weighted by Crippen LogP contribution is 2.22. The number of carbonyl (C=O) groups excluding carboxylic acids is 5. The predicted octanol–water partition coefficient (Wildman–Crippen LogP) is 2.41. The van der Waals surface area contributed by atoms with Crippen molar-refractivity contribution in [3.05, 3.63) is 58.6 Å². The summed E-state index contributed by atoms with van der Waals surface area (Å²) in [7, 11) is 0. The van der Waals surface area contributed by atoms with E-state index in [1.807, 2.05) is 0 Å². The van der Waals surface area contributed by atoms with Crippen LogP contribution in [-0.4, -0.2) is 35.9 Å². The zero-order valence-corrected chi connectivity index (χ0v) is 18.4. The van der Waals surface area contributed by atoms with Crippen LogP contribution in [0, 0.1) is 5.92 Å². The van der Waals surface area contributed by atoms with Crippen LogP contribution >= 0.6 is 15.9 Å². The van der Waals surface area contributed by atoms with Gasteiger partial charge in [0.2, 0.25) is 11.8 Å².